The molecule has 0 aliphatic carbocycles. The number of ether oxygens (including phenoxy) is 4. The lowest BCUT2D eigenvalue weighted by Gasteiger charge is -2.30. The summed E-state index contributed by atoms with van der Waals surface area (Å²) in [4.78, 5) is 35.1. The number of rotatable bonds is 10. The van der Waals surface area contributed by atoms with Crippen LogP contribution in [-0.2, 0) is 18.9 Å². The van der Waals surface area contributed by atoms with Gasteiger partial charge < -0.3 is 36.1 Å². The molecule has 13 heteroatoms. The van der Waals surface area contributed by atoms with Gasteiger partial charge in [-0.3, -0.25) is 4.90 Å². The highest BCUT2D eigenvalue weighted by molar-refractivity contribution is 7.18. The standard InChI is InChI=1S/C22H34N6O6S/c1-7-33-18(29)13-8-9-14(35-13)28(21(30)34-22(2,3)4)11-10-12(19(31-5)32-6)15-16(23)26-20(25)27-17(15)24/h8-9,12,19H,7,10-11H2,1-6H3,(H6,23,24,25,26,27). The molecule has 0 aromatic carbocycles. The highest BCUT2D eigenvalue weighted by Crippen LogP contribution is 2.35. The smallest absolute Gasteiger partial charge is 0.415 e. The topological polar surface area (TPSA) is 178 Å². The number of nitrogens with two attached hydrogens (primary N) is 3. The van der Waals surface area contributed by atoms with Gasteiger partial charge in [-0.25, -0.2) is 9.59 Å². The largest absolute Gasteiger partial charge is 0.462 e. The molecule has 1 amide bonds. The van der Waals surface area contributed by atoms with Gasteiger partial charge in [-0.15, -0.1) is 11.3 Å². The lowest BCUT2D eigenvalue weighted by molar-refractivity contribution is -0.119. The van der Waals surface area contributed by atoms with Crippen molar-refractivity contribution in [1.29, 1.82) is 0 Å². The van der Waals surface area contributed by atoms with E-state index in [4.69, 9.17) is 36.1 Å². The van der Waals surface area contributed by atoms with Crippen molar-refractivity contribution in [2.45, 2.75) is 51.9 Å². The number of nitrogen functional groups attached to an aromatic ring is 3. The van der Waals surface area contributed by atoms with Crippen LogP contribution in [0.5, 0.6) is 0 Å². The summed E-state index contributed by atoms with van der Waals surface area (Å²) in [6.07, 6.45) is -1.08. The molecule has 1 atom stereocenters. The number of nitrogens with zero attached hydrogens (tertiary/aromatic N) is 3. The van der Waals surface area contributed by atoms with E-state index in [9.17, 15) is 9.59 Å². The Kier molecular flexibility index (Phi) is 9.63. The number of anilines is 4. The maximum atomic E-state index is 13.1. The summed E-state index contributed by atoms with van der Waals surface area (Å²) < 4.78 is 21.6. The normalized spacial score (nSPS) is 12.4. The predicted octanol–water partition coefficient (Wildman–Crippen LogP) is 3.00. The second-order valence-corrected chi connectivity index (χ2v) is 9.55. The maximum Gasteiger partial charge on any atom is 0.415 e. The van der Waals surface area contributed by atoms with Crippen LogP contribution < -0.4 is 22.1 Å². The van der Waals surface area contributed by atoms with E-state index in [1.165, 1.54) is 19.1 Å². The van der Waals surface area contributed by atoms with E-state index in [0.717, 1.165) is 11.3 Å². The Morgan fingerprint density at radius 2 is 1.69 bits per heavy atom. The lowest BCUT2D eigenvalue weighted by Crippen LogP contribution is -2.38. The van der Waals surface area contributed by atoms with Gasteiger partial charge >= 0.3 is 12.1 Å². The van der Waals surface area contributed by atoms with Gasteiger partial charge in [-0.05, 0) is 46.2 Å². The number of hydrogen-bond donors (Lipinski definition) is 3. The van der Waals surface area contributed by atoms with Gasteiger partial charge in [-0.2, -0.15) is 9.97 Å². The minimum atomic E-state index is -0.772. The van der Waals surface area contributed by atoms with Gasteiger partial charge in [0.2, 0.25) is 5.95 Å². The van der Waals surface area contributed by atoms with Crippen LogP contribution in [0, 0.1) is 0 Å². The van der Waals surface area contributed by atoms with Crippen LogP contribution in [0.15, 0.2) is 12.1 Å². The summed E-state index contributed by atoms with van der Waals surface area (Å²) in [5.74, 6) is -0.911. The Balaban J connectivity index is 2.43. The first-order valence-corrected chi connectivity index (χ1v) is 11.7. The van der Waals surface area contributed by atoms with E-state index in [0.29, 0.717) is 15.4 Å². The zero-order valence-electron chi connectivity index (χ0n) is 20.9. The summed E-state index contributed by atoms with van der Waals surface area (Å²) in [6.45, 7) is 7.41. The van der Waals surface area contributed by atoms with Gasteiger partial charge in [0.1, 0.15) is 27.1 Å². The molecule has 2 aromatic rings. The molecule has 2 rings (SSSR count). The number of thiophene rings is 1. The van der Waals surface area contributed by atoms with E-state index in [1.807, 2.05) is 0 Å². The first-order chi connectivity index (χ1) is 16.4. The van der Waals surface area contributed by atoms with Crippen molar-refractivity contribution in [2.75, 3.05) is 49.5 Å². The van der Waals surface area contributed by atoms with E-state index >= 15 is 0 Å². The molecular weight excluding hydrogens is 476 g/mol. The minimum Gasteiger partial charge on any atom is -0.462 e. The fraction of sp³-hybridized carbons (Fsp3) is 0.545. The molecule has 35 heavy (non-hydrogen) atoms. The number of carbonyl (C=O) groups is 2. The Morgan fingerprint density at radius 3 is 2.20 bits per heavy atom. The first kappa shape index (κ1) is 28.1. The van der Waals surface area contributed by atoms with Gasteiger partial charge in [-0.1, -0.05) is 0 Å². The third kappa shape index (κ3) is 7.41. The minimum absolute atomic E-state index is 0.0608. The summed E-state index contributed by atoms with van der Waals surface area (Å²) in [5.41, 5.74) is 17.6. The molecule has 1 unspecified atom stereocenters. The van der Waals surface area contributed by atoms with Crippen molar-refractivity contribution < 1.29 is 28.5 Å². The third-order valence-corrected chi connectivity index (χ3v) is 5.89. The fourth-order valence-corrected chi connectivity index (χ4v) is 4.32. The predicted molar refractivity (Wildman–Crippen MR) is 134 cm³/mol. The van der Waals surface area contributed by atoms with Crippen LogP contribution in [-0.4, -0.2) is 61.3 Å². The van der Waals surface area contributed by atoms with Crippen LogP contribution in [0.3, 0.4) is 0 Å². The lowest BCUT2D eigenvalue weighted by atomic mass is 9.95. The van der Waals surface area contributed by atoms with Crippen molar-refractivity contribution in [2.24, 2.45) is 0 Å². The van der Waals surface area contributed by atoms with E-state index in [-0.39, 0.29) is 37.2 Å². The SMILES string of the molecule is CCOC(=O)c1ccc(N(CCC(c2c(N)nc(N)nc2N)C(OC)OC)C(=O)OC(C)(C)C)s1. The average Bonchev–Trinajstić information content (AvgIpc) is 3.22. The van der Waals surface area contributed by atoms with Gasteiger partial charge in [0.25, 0.3) is 0 Å². The van der Waals surface area contributed by atoms with Gasteiger partial charge in [0.15, 0.2) is 6.29 Å². The summed E-state index contributed by atoms with van der Waals surface area (Å²) in [7, 11) is 2.95. The molecule has 0 fully saturated rings. The second kappa shape index (κ2) is 12.0. The first-order valence-electron chi connectivity index (χ1n) is 10.9. The van der Waals surface area contributed by atoms with Crippen LogP contribution in [0.1, 0.15) is 55.3 Å². The van der Waals surface area contributed by atoms with Gasteiger partial charge in [0.05, 0.1) is 6.61 Å². The third-order valence-electron chi connectivity index (χ3n) is 4.80. The number of carbonyl (C=O) groups excluding carboxylic acids is 2. The maximum absolute atomic E-state index is 13.1. The zero-order valence-corrected chi connectivity index (χ0v) is 21.7. The molecule has 0 radical (unpaired) electrons. The van der Waals surface area contributed by atoms with E-state index < -0.39 is 29.9 Å². The molecule has 0 aliphatic rings. The molecule has 0 bridgehead atoms. The quantitative estimate of drug-likeness (QED) is 0.316. The zero-order chi connectivity index (χ0) is 26.3. The van der Waals surface area contributed by atoms with Crippen molar-refractivity contribution in [3.8, 4) is 0 Å². The summed E-state index contributed by atoms with van der Waals surface area (Å²) in [5, 5.41) is 0.502. The number of amides is 1. The van der Waals surface area contributed by atoms with E-state index in [1.54, 1.807) is 39.8 Å². The molecule has 2 heterocycles. The van der Waals surface area contributed by atoms with Crippen LogP contribution >= 0.6 is 11.3 Å². The number of methoxy groups -OCH3 is 2. The molecule has 194 valence electrons. The number of esters is 1. The molecule has 0 aliphatic heterocycles. The number of hydrogen-bond acceptors (Lipinski definition) is 12. The summed E-state index contributed by atoms with van der Waals surface area (Å²) in [6, 6.07) is 3.26. The summed E-state index contributed by atoms with van der Waals surface area (Å²) >= 11 is 1.12. The molecule has 0 saturated heterocycles. The van der Waals surface area contributed by atoms with Gasteiger partial charge in [0, 0.05) is 32.2 Å². The Hall–Kier alpha value is -3.16. The fourth-order valence-electron chi connectivity index (χ4n) is 3.41. The molecule has 2 aromatic heterocycles. The monoisotopic (exact) mass is 510 g/mol. The number of aromatic nitrogens is 2. The van der Waals surface area contributed by atoms with Crippen molar-refractivity contribution in [1.82, 2.24) is 9.97 Å². The van der Waals surface area contributed by atoms with Crippen LogP contribution in [0.2, 0.25) is 0 Å². The molecule has 0 spiro atoms. The highest BCUT2D eigenvalue weighted by Gasteiger charge is 2.32. The van der Waals surface area contributed by atoms with E-state index in [2.05, 4.69) is 9.97 Å². The molecular formula is C22H34N6O6S. The molecule has 0 saturated carbocycles. The van der Waals surface area contributed by atoms with Crippen LogP contribution in [0.25, 0.3) is 0 Å². The van der Waals surface area contributed by atoms with Crippen LogP contribution in [0.4, 0.5) is 27.4 Å². The van der Waals surface area contributed by atoms with Crippen molar-refractivity contribution >= 4 is 46.0 Å². The molecule has 6 N–H and O–H groups in total. The molecule has 12 nitrogen and oxygen atoms in total. The Labute approximate surface area is 208 Å². The second-order valence-electron chi connectivity index (χ2n) is 8.49. The Morgan fingerprint density at radius 1 is 1.09 bits per heavy atom. The Bertz CT molecular complexity index is 997. The highest BCUT2D eigenvalue weighted by atomic mass is 32.1. The average molecular weight is 511 g/mol. The van der Waals surface area contributed by atoms with Crippen molar-refractivity contribution in [3.05, 3.63) is 22.6 Å². The van der Waals surface area contributed by atoms with Crippen molar-refractivity contribution in [3.63, 3.8) is 0 Å².